The highest BCUT2D eigenvalue weighted by molar-refractivity contribution is 6.01. The highest BCUT2D eigenvalue weighted by Gasteiger charge is 2.41. The number of anilines is 1. The summed E-state index contributed by atoms with van der Waals surface area (Å²) in [4.78, 5) is 25.8. The van der Waals surface area contributed by atoms with Gasteiger partial charge in [0.25, 0.3) is 0 Å². The van der Waals surface area contributed by atoms with Crippen LogP contribution in [0.4, 0.5) is 5.69 Å². The van der Waals surface area contributed by atoms with Crippen molar-refractivity contribution in [3.8, 4) is 5.75 Å². The predicted octanol–water partition coefficient (Wildman–Crippen LogP) is 5.49. The summed E-state index contributed by atoms with van der Waals surface area (Å²) in [7, 11) is 1.34. The van der Waals surface area contributed by atoms with Gasteiger partial charge in [0.1, 0.15) is 11.3 Å². The normalized spacial score (nSPS) is 16.4. The summed E-state index contributed by atoms with van der Waals surface area (Å²) in [6, 6.07) is 15.2. The predicted molar refractivity (Wildman–Crippen MR) is 118 cm³/mol. The number of amides is 1. The minimum Gasteiger partial charge on any atom is -0.490 e. The zero-order valence-electron chi connectivity index (χ0n) is 18.1. The third-order valence-electron chi connectivity index (χ3n) is 6.01. The number of hydrogen-bond donors (Lipinski definition) is 1. The molecule has 0 bridgehead atoms. The van der Waals surface area contributed by atoms with Gasteiger partial charge in [-0.05, 0) is 49.9 Å². The van der Waals surface area contributed by atoms with E-state index in [-0.39, 0.29) is 12.0 Å². The minimum atomic E-state index is -0.545. The van der Waals surface area contributed by atoms with Gasteiger partial charge in [-0.2, -0.15) is 0 Å². The largest absolute Gasteiger partial charge is 0.490 e. The molecule has 30 heavy (non-hydrogen) atoms. The summed E-state index contributed by atoms with van der Waals surface area (Å²) in [5, 5.41) is 3.06. The van der Waals surface area contributed by atoms with Crippen molar-refractivity contribution in [3.63, 3.8) is 0 Å². The third-order valence-corrected chi connectivity index (χ3v) is 6.01. The van der Waals surface area contributed by atoms with Crippen molar-refractivity contribution in [3.05, 3.63) is 59.7 Å². The second kappa shape index (κ2) is 9.79. The van der Waals surface area contributed by atoms with Crippen molar-refractivity contribution in [2.75, 3.05) is 12.4 Å². The van der Waals surface area contributed by atoms with Gasteiger partial charge in [-0.25, -0.2) is 4.79 Å². The molecular weight excluding hydrogens is 378 g/mol. The third kappa shape index (κ3) is 4.66. The Morgan fingerprint density at radius 1 is 1.07 bits per heavy atom. The number of hydrogen-bond acceptors (Lipinski definition) is 4. The zero-order valence-corrected chi connectivity index (χ0v) is 18.1. The molecule has 0 aromatic heterocycles. The minimum absolute atomic E-state index is 0.0280. The standard InChI is InChI=1S/C25H31NO4/c1-4-18(2)30-22-14-13-20(17-21(22)23(27)29-3)26-24(28)25(15-9-6-10-16-25)19-11-7-5-8-12-19/h5,7-8,11-14,17-18H,4,6,9-10,15-16H2,1-3H3,(H,26,28)/t18-/m1/s1. The molecule has 0 aliphatic heterocycles. The molecule has 0 radical (unpaired) electrons. The molecule has 0 unspecified atom stereocenters. The molecule has 1 fully saturated rings. The van der Waals surface area contributed by atoms with Gasteiger partial charge >= 0.3 is 5.97 Å². The second-order valence-corrected chi connectivity index (χ2v) is 8.00. The summed E-state index contributed by atoms with van der Waals surface area (Å²) in [6.45, 7) is 3.97. The van der Waals surface area contributed by atoms with E-state index in [0.717, 1.165) is 44.1 Å². The molecule has 0 heterocycles. The summed E-state index contributed by atoms with van der Waals surface area (Å²) in [5.41, 5.74) is 1.38. The Kier molecular flexibility index (Phi) is 7.14. The molecule has 5 heteroatoms. The van der Waals surface area contributed by atoms with Crippen LogP contribution >= 0.6 is 0 Å². The van der Waals surface area contributed by atoms with Crippen LogP contribution in [0.1, 0.15) is 68.3 Å². The maximum absolute atomic E-state index is 13.5. The molecule has 2 aromatic rings. The van der Waals surface area contributed by atoms with Crippen molar-refractivity contribution < 1.29 is 19.1 Å². The molecule has 0 saturated heterocycles. The van der Waals surface area contributed by atoms with Gasteiger partial charge in [0.05, 0.1) is 18.6 Å². The van der Waals surface area contributed by atoms with Crippen LogP contribution in [-0.4, -0.2) is 25.1 Å². The number of carbonyl (C=O) groups excluding carboxylic acids is 2. The van der Waals surface area contributed by atoms with Crippen molar-refractivity contribution >= 4 is 17.6 Å². The highest BCUT2D eigenvalue weighted by atomic mass is 16.5. The quantitative estimate of drug-likeness (QED) is 0.614. The first-order valence-corrected chi connectivity index (χ1v) is 10.8. The van der Waals surface area contributed by atoms with E-state index in [0.29, 0.717) is 17.0 Å². The lowest BCUT2D eigenvalue weighted by molar-refractivity contribution is -0.122. The van der Waals surface area contributed by atoms with Gasteiger partial charge in [0, 0.05) is 5.69 Å². The Hall–Kier alpha value is -2.82. The van der Waals surface area contributed by atoms with Crippen molar-refractivity contribution in [2.45, 2.75) is 63.9 Å². The molecule has 3 rings (SSSR count). The van der Waals surface area contributed by atoms with Crippen LogP contribution in [0.5, 0.6) is 5.75 Å². The average Bonchev–Trinajstić information content (AvgIpc) is 2.80. The van der Waals surface area contributed by atoms with Gasteiger partial charge in [-0.15, -0.1) is 0 Å². The van der Waals surface area contributed by atoms with Crippen molar-refractivity contribution in [1.29, 1.82) is 0 Å². The molecule has 160 valence electrons. The molecule has 5 nitrogen and oxygen atoms in total. The van der Waals surface area contributed by atoms with E-state index in [2.05, 4.69) is 5.32 Å². The van der Waals surface area contributed by atoms with Gasteiger partial charge < -0.3 is 14.8 Å². The second-order valence-electron chi connectivity index (χ2n) is 8.00. The van der Waals surface area contributed by atoms with Crippen molar-refractivity contribution in [2.24, 2.45) is 0 Å². The zero-order chi connectivity index (χ0) is 21.6. The fourth-order valence-corrected chi connectivity index (χ4v) is 4.09. The van der Waals surface area contributed by atoms with Gasteiger partial charge in [-0.1, -0.05) is 56.5 Å². The van der Waals surface area contributed by atoms with Crippen LogP contribution in [0.25, 0.3) is 0 Å². The van der Waals surface area contributed by atoms with E-state index in [1.165, 1.54) is 7.11 Å². The Bertz CT molecular complexity index is 872. The van der Waals surface area contributed by atoms with E-state index in [4.69, 9.17) is 9.47 Å². The average molecular weight is 410 g/mol. The lowest BCUT2D eigenvalue weighted by atomic mass is 9.68. The molecule has 1 N–H and O–H groups in total. The Morgan fingerprint density at radius 3 is 2.40 bits per heavy atom. The van der Waals surface area contributed by atoms with Crippen LogP contribution in [0, 0.1) is 0 Å². The van der Waals surface area contributed by atoms with E-state index in [1.54, 1.807) is 18.2 Å². The molecule has 0 spiro atoms. The number of nitrogens with one attached hydrogen (secondary N) is 1. The number of rotatable bonds is 7. The molecule has 2 aromatic carbocycles. The number of ether oxygens (including phenoxy) is 2. The fourth-order valence-electron chi connectivity index (χ4n) is 4.09. The number of carbonyl (C=O) groups is 2. The van der Waals surface area contributed by atoms with Crippen LogP contribution < -0.4 is 10.1 Å². The van der Waals surface area contributed by atoms with Gasteiger partial charge in [-0.3, -0.25) is 4.79 Å². The Morgan fingerprint density at radius 2 is 1.77 bits per heavy atom. The first-order chi connectivity index (χ1) is 14.5. The Balaban J connectivity index is 1.90. The van der Waals surface area contributed by atoms with Crippen LogP contribution in [-0.2, 0) is 14.9 Å². The molecule has 1 saturated carbocycles. The summed E-state index contributed by atoms with van der Waals surface area (Å²) >= 11 is 0. The van der Waals surface area contributed by atoms with Crippen LogP contribution in [0.2, 0.25) is 0 Å². The van der Waals surface area contributed by atoms with Gasteiger partial charge in [0.15, 0.2) is 0 Å². The van der Waals surface area contributed by atoms with E-state index >= 15 is 0 Å². The SMILES string of the molecule is CC[C@@H](C)Oc1ccc(NC(=O)C2(c3ccccc3)CCCCC2)cc1C(=O)OC. The maximum Gasteiger partial charge on any atom is 0.341 e. The van der Waals surface area contributed by atoms with Crippen molar-refractivity contribution in [1.82, 2.24) is 0 Å². The summed E-state index contributed by atoms with van der Waals surface area (Å²) in [5.74, 6) is -0.0516. The lowest BCUT2D eigenvalue weighted by Crippen LogP contribution is -2.42. The topological polar surface area (TPSA) is 64.6 Å². The summed E-state index contributed by atoms with van der Waals surface area (Å²) < 4.78 is 10.8. The van der Waals surface area contributed by atoms with E-state index in [9.17, 15) is 9.59 Å². The number of benzene rings is 2. The fraction of sp³-hybridized carbons (Fsp3) is 0.440. The lowest BCUT2D eigenvalue weighted by Gasteiger charge is -2.36. The first kappa shape index (κ1) is 21.9. The first-order valence-electron chi connectivity index (χ1n) is 10.8. The summed E-state index contributed by atoms with van der Waals surface area (Å²) in [6.07, 6.45) is 5.63. The highest BCUT2D eigenvalue weighted by Crippen LogP contribution is 2.40. The monoisotopic (exact) mass is 409 g/mol. The number of esters is 1. The smallest absolute Gasteiger partial charge is 0.341 e. The maximum atomic E-state index is 13.5. The van der Waals surface area contributed by atoms with Crippen LogP contribution in [0.15, 0.2) is 48.5 Å². The van der Waals surface area contributed by atoms with Crippen LogP contribution in [0.3, 0.4) is 0 Å². The Labute approximate surface area is 178 Å². The molecule has 1 atom stereocenters. The molecule has 1 aliphatic rings. The number of methoxy groups -OCH3 is 1. The van der Waals surface area contributed by atoms with E-state index < -0.39 is 11.4 Å². The van der Waals surface area contributed by atoms with Gasteiger partial charge in [0.2, 0.25) is 5.91 Å². The molecule has 1 aliphatic carbocycles. The molecule has 1 amide bonds. The van der Waals surface area contributed by atoms with E-state index in [1.807, 2.05) is 44.2 Å². The molecular formula is C25H31NO4.